The Balaban J connectivity index is 2.21. The van der Waals surface area contributed by atoms with Crippen LogP contribution in [0.1, 0.15) is 38.7 Å². The van der Waals surface area contributed by atoms with Crippen LogP contribution in [0, 0.1) is 5.92 Å². The van der Waals surface area contributed by atoms with Crippen LogP contribution in [-0.4, -0.2) is 23.7 Å². The predicted molar refractivity (Wildman–Crippen MR) is 82.9 cm³/mol. The summed E-state index contributed by atoms with van der Waals surface area (Å²) in [5.41, 5.74) is 2.15. The number of anilines is 1. The van der Waals surface area contributed by atoms with Gasteiger partial charge in [-0.05, 0) is 42.9 Å². The van der Waals surface area contributed by atoms with Gasteiger partial charge >= 0.3 is 5.97 Å². The van der Waals surface area contributed by atoms with Crippen molar-refractivity contribution in [3.8, 4) is 0 Å². The summed E-state index contributed by atoms with van der Waals surface area (Å²) < 4.78 is 0. The van der Waals surface area contributed by atoms with Crippen molar-refractivity contribution in [2.75, 3.05) is 11.4 Å². The summed E-state index contributed by atoms with van der Waals surface area (Å²) in [4.78, 5) is 13.2. The molecule has 2 rings (SSSR count). The minimum atomic E-state index is -0.903. The summed E-state index contributed by atoms with van der Waals surface area (Å²) in [5, 5.41) is 8.80. The highest BCUT2D eigenvalue weighted by Gasteiger charge is 2.29. The molecule has 3 heteroatoms. The quantitative estimate of drug-likeness (QED) is 0.768. The van der Waals surface area contributed by atoms with Crippen molar-refractivity contribution in [1.29, 1.82) is 0 Å². The fourth-order valence-electron chi connectivity index (χ4n) is 2.33. The first kappa shape index (κ1) is 14.6. The van der Waals surface area contributed by atoms with Gasteiger partial charge < -0.3 is 10.0 Å². The molecule has 0 heterocycles. The number of aliphatic carboxylic acids is 1. The zero-order chi connectivity index (χ0) is 14.5. The highest BCUT2D eigenvalue weighted by molar-refractivity contribution is 5.87. The molecule has 0 aliphatic heterocycles. The van der Waals surface area contributed by atoms with Gasteiger partial charge in [0.25, 0.3) is 0 Å². The first-order valence-electron chi connectivity index (χ1n) is 7.34. The molecule has 0 amide bonds. The fourth-order valence-corrected chi connectivity index (χ4v) is 2.33. The van der Waals surface area contributed by atoms with Crippen molar-refractivity contribution in [2.24, 2.45) is 5.92 Å². The third kappa shape index (κ3) is 4.12. The zero-order valence-corrected chi connectivity index (χ0v) is 12.2. The summed E-state index contributed by atoms with van der Waals surface area (Å²) in [6, 6.07) is 8.70. The number of para-hydroxylation sites is 1. The summed E-state index contributed by atoms with van der Waals surface area (Å²) in [6.07, 6.45) is 6.56. The van der Waals surface area contributed by atoms with Crippen molar-refractivity contribution in [3.05, 3.63) is 35.9 Å². The molecule has 1 saturated carbocycles. The van der Waals surface area contributed by atoms with Crippen LogP contribution in [0.4, 0.5) is 5.69 Å². The van der Waals surface area contributed by atoms with Crippen molar-refractivity contribution < 1.29 is 9.90 Å². The number of carboxylic acids is 1. The molecule has 1 aromatic rings. The molecule has 0 unspecified atom stereocenters. The van der Waals surface area contributed by atoms with Gasteiger partial charge in [0, 0.05) is 24.4 Å². The number of rotatable bonds is 7. The standard InChI is InChI=1S/C17H23NO2/c1-13(2)11-12-18(15-8-9-15)16-6-4-3-5-14(16)7-10-17(19)20/h3-7,10,13,15H,8-9,11-12H2,1-2H3,(H,19,20)/b10-7+. The summed E-state index contributed by atoms with van der Waals surface area (Å²) >= 11 is 0. The molecule has 0 saturated heterocycles. The van der Waals surface area contributed by atoms with Crippen LogP contribution >= 0.6 is 0 Å². The first-order valence-corrected chi connectivity index (χ1v) is 7.34. The van der Waals surface area contributed by atoms with Crippen molar-refractivity contribution >= 4 is 17.7 Å². The van der Waals surface area contributed by atoms with E-state index in [9.17, 15) is 4.79 Å². The lowest BCUT2D eigenvalue weighted by Crippen LogP contribution is -2.28. The number of carboxylic acid groups (broad SMARTS) is 1. The maximum Gasteiger partial charge on any atom is 0.328 e. The van der Waals surface area contributed by atoms with E-state index in [2.05, 4.69) is 24.8 Å². The topological polar surface area (TPSA) is 40.5 Å². The minimum absolute atomic E-state index is 0.633. The molecule has 1 aliphatic rings. The lowest BCUT2D eigenvalue weighted by atomic mass is 10.1. The number of carbonyl (C=O) groups is 1. The van der Waals surface area contributed by atoms with E-state index in [0.717, 1.165) is 24.2 Å². The average Bonchev–Trinajstić information content (AvgIpc) is 3.22. The lowest BCUT2D eigenvalue weighted by molar-refractivity contribution is -0.131. The summed E-state index contributed by atoms with van der Waals surface area (Å²) in [7, 11) is 0. The van der Waals surface area contributed by atoms with Crippen molar-refractivity contribution in [1.82, 2.24) is 0 Å². The number of nitrogens with zero attached hydrogens (tertiary/aromatic N) is 1. The van der Waals surface area contributed by atoms with Crippen LogP contribution in [0.5, 0.6) is 0 Å². The number of hydrogen-bond donors (Lipinski definition) is 1. The molecule has 1 fully saturated rings. The van der Waals surface area contributed by atoms with E-state index in [1.807, 2.05) is 18.2 Å². The van der Waals surface area contributed by atoms with Gasteiger partial charge in [0.05, 0.1) is 0 Å². The van der Waals surface area contributed by atoms with E-state index in [4.69, 9.17) is 5.11 Å². The van der Waals surface area contributed by atoms with Gasteiger partial charge in [-0.2, -0.15) is 0 Å². The number of hydrogen-bond acceptors (Lipinski definition) is 2. The third-order valence-electron chi connectivity index (χ3n) is 3.59. The molecule has 0 aromatic heterocycles. The van der Waals surface area contributed by atoms with E-state index in [1.54, 1.807) is 6.08 Å². The smallest absolute Gasteiger partial charge is 0.328 e. The Kier molecular flexibility index (Phi) is 4.83. The van der Waals surface area contributed by atoms with Crippen LogP contribution in [-0.2, 0) is 4.79 Å². The molecule has 1 N–H and O–H groups in total. The SMILES string of the molecule is CC(C)CCN(c1ccccc1/C=C/C(=O)O)C1CC1. The Morgan fingerprint density at radius 2 is 2.10 bits per heavy atom. The normalized spacial score (nSPS) is 14.9. The van der Waals surface area contributed by atoms with Gasteiger partial charge in [0.1, 0.15) is 0 Å². The Hall–Kier alpha value is -1.77. The molecule has 20 heavy (non-hydrogen) atoms. The van der Waals surface area contributed by atoms with Gasteiger partial charge in [-0.25, -0.2) is 4.79 Å². The first-order chi connectivity index (χ1) is 9.58. The van der Waals surface area contributed by atoms with Gasteiger partial charge in [-0.15, -0.1) is 0 Å². The highest BCUT2D eigenvalue weighted by Crippen LogP contribution is 2.34. The van der Waals surface area contributed by atoms with Gasteiger partial charge in [0.15, 0.2) is 0 Å². The Morgan fingerprint density at radius 3 is 2.70 bits per heavy atom. The lowest BCUT2D eigenvalue weighted by Gasteiger charge is -2.27. The predicted octanol–water partition coefficient (Wildman–Crippen LogP) is 3.80. The molecule has 3 nitrogen and oxygen atoms in total. The van der Waals surface area contributed by atoms with Crippen LogP contribution in [0.25, 0.3) is 6.08 Å². The largest absolute Gasteiger partial charge is 0.478 e. The van der Waals surface area contributed by atoms with Gasteiger partial charge in [-0.1, -0.05) is 32.0 Å². The highest BCUT2D eigenvalue weighted by atomic mass is 16.4. The molecule has 108 valence electrons. The molecule has 0 atom stereocenters. The second kappa shape index (κ2) is 6.60. The van der Waals surface area contributed by atoms with Crippen molar-refractivity contribution in [3.63, 3.8) is 0 Å². The second-order valence-corrected chi connectivity index (χ2v) is 5.84. The zero-order valence-electron chi connectivity index (χ0n) is 12.2. The molecule has 1 aromatic carbocycles. The van der Waals surface area contributed by atoms with Crippen LogP contribution in [0.2, 0.25) is 0 Å². The second-order valence-electron chi connectivity index (χ2n) is 5.84. The molecule has 0 spiro atoms. The molecular formula is C17H23NO2. The third-order valence-corrected chi connectivity index (χ3v) is 3.59. The Bertz CT molecular complexity index is 490. The maximum absolute atomic E-state index is 10.7. The molecule has 0 radical (unpaired) electrons. The van der Waals surface area contributed by atoms with E-state index < -0.39 is 5.97 Å². The van der Waals surface area contributed by atoms with Crippen LogP contribution in [0.15, 0.2) is 30.3 Å². The van der Waals surface area contributed by atoms with E-state index in [-0.39, 0.29) is 0 Å². The minimum Gasteiger partial charge on any atom is -0.478 e. The van der Waals surface area contributed by atoms with Gasteiger partial charge in [0.2, 0.25) is 0 Å². The van der Waals surface area contributed by atoms with Crippen LogP contribution in [0.3, 0.4) is 0 Å². The molecule has 1 aliphatic carbocycles. The van der Waals surface area contributed by atoms with E-state index in [0.29, 0.717) is 12.0 Å². The van der Waals surface area contributed by atoms with Crippen LogP contribution < -0.4 is 4.90 Å². The summed E-state index contributed by atoms with van der Waals surface area (Å²) in [5.74, 6) is -0.224. The molecule has 0 bridgehead atoms. The molecular weight excluding hydrogens is 250 g/mol. The maximum atomic E-state index is 10.7. The van der Waals surface area contributed by atoms with Gasteiger partial charge in [-0.3, -0.25) is 0 Å². The fraction of sp³-hybridized carbons (Fsp3) is 0.471. The Labute approximate surface area is 120 Å². The van der Waals surface area contributed by atoms with E-state index >= 15 is 0 Å². The van der Waals surface area contributed by atoms with E-state index in [1.165, 1.54) is 18.9 Å². The average molecular weight is 273 g/mol. The van der Waals surface area contributed by atoms with Crippen molar-refractivity contribution in [2.45, 2.75) is 39.2 Å². The monoisotopic (exact) mass is 273 g/mol. The summed E-state index contributed by atoms with van der Waals surface area (Å²) in [6.45, 7) is 5.52. The number of benzene rings is 1. The Morgan fingerprint density at radius 1 is 1.40 bits per heavy atom.